The summed E-state index contributed by atoms with van der Waals surface area (Å²) in [5, 5.41) is 9.13. The minimum absolute atomic E-state index is 0.280. The molecule has 0 aromatic heterocycles. The Labute approximate surface area is 73.2 Å². The summed E-state index contributed by atoms with van der Waals surface area (Å²) in [6.07, 6.45) is 5.25. The van der Waals surface area contributed by atoms with Crippen LogP contribution in [0, 0.1) is 17.2 Å². The third kappa shape index (κ3) is 2.41. The molecule has 1 atom stereocenters. The number of nitriles is 1. The van der Waals surface area contributed by atoms with Gasteiger partial charge in [0.15, 0.2) is 0 Å². The lowest BCUT2D eigenvalue weighted by Crippen LogP contribution is -2.11. The van der Waals surface area contributed by atoms with Crippen molar-refractivity contribution in [1.29, 1.82) is 5.26 Å². The second kappa shape index (κ2) is 4.66. The molecule has 1 rings (SSSR count). The molecule has 0 radical (unpaired) electrons. The van der Waals surface area contributed by atoms with E-state index in [2.05, 4.69) is 13.0 Å². The maximum atomic E-state index is 8.85. The summed E-state index contributed by atoms with van der Waals surface area (Å²) in [6.45, 7) is 2.13. The van der Waals surface area contributed by atoms with Crippen LogP contribution in [0.1, 0.15) is 32.6 Å². The number of hydrogen-bond donors (Lipinski definition) is 0. The van der Waals surface area contributed by atoms with Crippen molar-refractivity contribution in [1.82, 2.24) is 0 Å². The lowest BCUT2D eigenvalue weighted by molar-refractivity contribution is 0.575. The van der Waals surface area contributed by atoms with Crippen molar-refractivity contribution in [3.8, 4) is 6.07 Å². The molecule has 0 saturated heterocycles. The molecule has 1 saturated carbocycles. The fraction of sp³-hybridized carbons (Fsp3) is 0.889. The first-order valence-corrected chi connectivity index (χ1v) is 5.44. The Bertz CT molecular complexity index is 144. The van der Waals surface area contributed by atoms with Gasteiger partial charge in [-0.05, 0) is 24.5 Å². The summed E-state index contributed by atoms with van der Waals surface area (Å²) >= 11 is 1.81. The smallest absolute Gasteiger partial charge is 0.0944 e. The second-order valence-electron chi connectivity index (χ2n) is 3.05. The van der Waals surface area contributed by atoms with Crippen LogP contribution < -0.4 is 0 Å². The molecular formula is C9H15NS. The van der Waals surface area contributed by atoms with Crippen LogP contribution in [-0.4, -0.2) is 11.0 Å². The normalized spacial score (nSPS) is 21.5. The van der Waals surface area contributed by atoms with E-state index >= 15 is 0 Å². The van der Waals surface area contributed by atoms with Gasteiger partial charge in [0.25, 0.3) is 0 Å². The highest BCUT2D eigenvalue weighted by Gasteiger charge is 2.24. The van der Waals surface area contributed by atoms with E-state index in [1.165, 1.54) is 25.7 Å². The van der Waals surface area contributed by atoms with Gasteiger partial charge in [-0.15, -0.1) is 11.8 Å². The first-order valence-electron chi connectivity index (χ1n) is 4.39. The average molecular weight is 169 g/mol. The Morgan fingerprint density at radius 2 is 2.18 bits per heavy atom. The number of hydrogen-bond acceptors (Lipinski definition) is 2. The summed E-state index contributed by atoms with van der Waals surface area (Å²) in [7, 11) is 0. The van der Waals surface area contributed by atoms with Crippen LogP contribution in [0.15, 0.2) is 0 Å². The van der Waals surface area contributed by atoms with Crippen LogP contribution in [0.3, 0.4) is 0 Å². The van der Waals surface area contributed by atoms with E-state index in [0.29, 0.717) is 5.92 Å². The van der Waals surface area contributed by atoms with Gasteiger partial charge in [-0.2, -0.15) is 5.26 Å². The third-order valence-electron chi connectivity index (χ3n) is 2.30. The summed E-state index contributed by atoms with van der Waals surface area (Å²) in [5.41, 5.74) is 0. The molecule has 1 nitrogen and oxygen atoms in total. The van der Waals surface area contributed by atoms with Crippen molar-refractivity contribution in [2.24, 2.45) is 5.92 Å². The van der Waals surface area contributed by atoms with Crippen LogP contribution in [0.25, 0.3) is 0 Å². The maximum Gasteiger partial charge on any atom is 0.0944 e. The Kier molecular flexibility index (Phi) is 3.79. The standard InChI is InChI=1S/C9H15NS/c1-2-11-9(7-10)8-5-3-4-6-8/h8-9H,2-6H2,1H3. The molecular weight excluding hydrogens is 154 g/mol. The summed E-state index contributed by atoms with van der Waals surface area (Å²) < 4.78 is 0. The lowest BCUT2D eigenvalue weighted by atomic mass is 10.1. The minimum Gasteiger partial charge on any atom is -0.197 e. The Hall–Kier alpha value is -0.160. The maximum absolute atomic E-state index is 8.85. The van der Waals surface area contributed by atoms with Gasteiger partial charge in [-0.1, -0.05) is 19.8 Å². The molecule has 0 spiro atoms. The molecule has 0 N–H and O–H groups in total. The Morgan fingerprint density at radius 3 is 2.64 bits per heavy atom. The highest BCUT2D eigenvalue weighted by atomic mass is 32.2. The average Bonchev–Trinajstić information content (AvgIpc) is 2.52. The summed E-state index contributed by atoms with van der Waals surface area (Å²) in [5.74, 6) is 1.78. The van der Waals surface area contributed by atoms with Gasteiger partial charge in [-0.25, -0.2) is 0 Å². The van der Waals surface area contributed by atoms with Crippen LogP contribution in [0.2, 0.25) is 0 Å². The van der Waals surface area contributed by atoms with E-state index in [1.54, 1.807) is 0 Å². The summed E-state index contributed by atoms with van der Waals surface area (Å²) in [4.78, 5) is 0. The SMILES string of the molecule is CCSC(C#N)C1CCCC1. The van der Waals surface area contributed by atoms with E-state index in [0.717, 1.165) is 5.75 Å². The molecule has 0 heterocycles. The van der Waals surface area contributed by atoms with Gasteiger partial charge in [0.2, 0.25) is 0 Å². The van der Waals surface area contributed by atoms with Gasteiger partial charge >= 0.3 is 0 Å². The fourth-order valence-electron chi connectivity index (χ4n) is 1.72. The van der Waals surface area contributed by atoms with Gasteiger partial charge in [0, 0.05) is 0 Å². The van der Waals surface area contributed by atoms with Crippen molar-refractivity contribution in [2.45, 2.75) is 37.9 Å². The monoisotopic (exact) mass is 169 g/mol. The predicted octanol–water partition coefficient (Wildman–Crippen LogP) is 2.82. The molecule has 1 aliphatic rings. The quantitative estimate of drug-likeness (QED) is 0.648. The molecule has 1 aliphatic carbocycles. The summed E-state index contributed by atoms with van der Waals surface area (Å²) in [6, 6.07) is 2.41. The van der Waals surface area contributed by atoms with Gasteiger partial charge in [-0.3, -0.25) is 0 Å². The van der Waals surface area contributed by atoms with Crippen molar-refractivity contribution in [2.75, 3.05) is 5.75 Å². The van der Waals surface area contributed by atoms with Crippen LogP contribution in [0.5, 0.6) is 0 Å². The molecule has 2 heteroatoms. The molecule has 1 fully saturated rings. The Balaban J connectivity index is 2.35. The van der Waals surface area contributed by atoms with Crippen LogP contribution in [-0.2, 0) is 0 Å². The molecule has 62 valence electrons. The van der Waals surface area contributed by atoms with Gasteiger partial charge in [0.05, 0.1) is 11.3 Å². The zero-order chi connectivity index (χ0) is 8.10. The van der Waals surface area contributed by atoms with Crippen LogP contribution >= 0.6 is 11.8 Å². The van der Waals surface area contributed by atoms with Crippen LogP contribution in [0.4, 0.5) is 0 Å². The topological polar surface area (TPSA) is 23.8 Å². The molecule has 0 bridgehead atoms. The number of thioether (sulfide) groups is 1. The van der Waals surface area contributed by atoms with E-state index in [4.69, 9.17) is 5.26 Å². The third-order valence-corrected chi connectivity index (χ3v) is 3.48. The van der Waals surface area contributed by atoms with Gasteiger partial charge in [0.1, 0.15) is 0 Å². The molecule has 0 aromatic carbocycles. The molecule has 0 aliphatic heterocycles. The van der Waals surface area contributed by atoms with Gasteiger partial charge < -0.3 is 0 Å². The van der Waals surface area contributed by atoms with E-state index in [1.807, 2.05) is 11.8 Å². The molecule has 0 amide bonds. The van der Waals surface area contributed by atoms with Crippen molar-refractivity contribution >= 4 is 11.8 Å². The predicted molar refractivity (Wildman–Crippen MR) is 49.5 cm³/mol. The van der Waals surface area contributed by atoms with Crippen molar-refractivity contribution in [3.63, 3.8) is 0 Å². The molecule has 0 aromatic rings. The van der Waals surface area contributed by atoms with E-state index < -0.39 is 0 Å². The zero-order valence-electron chi connectivity index (χ0n) is 7.05. The van der Waals surface area contributed by atoms with Crippen molar-refractivity contribution in [3.05, 3.63) is 0 Å². The van der Waals surface area contributed by atoms with E-state index in [9.17, 15) is 0 Å². The minimum atomic E-state index is 0.280. The van der Waals surface area contributed by atoms with E-state index in [-0.39, 0.29) is 5.25 Å². The first-order chi connectivity index (χ1) is 5.38. The molecule has 11 heavy (non-hydrogen) atoms. The zero-order valence-corrected chi connectivity index (χ0v) is 7.86. The number of rotatable bonds is 3. The highest BCUT2D eigenvalue weighted by molar-refractivity contribution is 8.00. The highest BCUT2D eigenvalue weighted by Crippen LogP contribution is 2.33. The fourth-order valence-corrected chi connectivity index (χ4v) is 2.70. The largest absolute Gasteiger partial charge is 0.197 e. The lowest BCUT2D eigenvalue weighted by Gasteiger charge is -2.13. The van der Waals surface area contributed by atoms with Crippen molar-refractivity contribution < 1.29 is 0 Å². The second-order valence-corrected chi connectivity index (χ2v) is 4.47. The number of nitrogens with zero attached hydrogens (tertiary/aromatic N) is 1. The first kappa shape index (κ1) is 8.93. The molecule has 1 unspecified atom stereocenters. The Morgan fingerprint density at radius 1 is 1.55 bits per heavy atom.